The van der Waals surface area contributed by atoms with E-state index in [0.717, 1.165) is 0 Å². The molecule has 1 heterocycles. The van der Waals surface area contributed by atoms with Gasteiger partial charge in [0.2, 0.25) is 5.91 Å². The van der Waals surface area contributed by atoms with Crippen molar-refractivity contribution in [2.24, 2.45) is 0 Å². The van der Waals surface area contributed by atoms with Crippen LogP contribution < -0.4 is 10.6 Å². The van der Waals surface area contributed by atoms with Crippen LogP contribution in [0.4, 0.5) is 16.2 Å². The van der Waals surface area contributed by atoms with E-state index >= 15 is 0 Å². The number of alkyl carbamates (subject to hydrolysis) is 1. The van der Waals surface area contributed by atoms with Gasteiger partial charge in [-0.25, -0.2) is 4.79 Å². The van der Waals surface area contributed by atoms with E-state index in [2.05, 4.69) is 34.0 Å². The number of nitrogens with one attached hydrogen (secondary N) is 2. The molecule has 0 aliphatic heterocycles. The number of amides is 2. The molecule has 2 aromatic rings. The van der Waals surface area contributed by atoms with Crippen molar-refractivity contribution in [2.45, 2.75) is 51.7 Å². The molecule has 0 saturated heterocycles. The van der Waals surface area contributed by atoms with Gasteiger partial charge in [0.25, 0.3) is 5.69 Å². The molecular formula is C24H28ClN5O5. The lowest BCUT2D eigenvalue weighted by Gasteiger charge is -2.24. The van der Waals surface area contributed by atoms with Gasteiger partial charge < -0.3 is 15.4 Å². The van der Waals surface area contributed by atoms with Crippen LogP contribution >= 0.6 is 11.6 Å². The Morgan fingerprint density at radius 2 is 1.94 bits per heavy atom. The van der Waals surface area contributed by atoms with E-state index in [1.165, 1.54) is 24.3 Å². The van der Waals surface area contributed by atoms with Crippen molar-refractivity contribution in [1.29, 1.82) is 0 Å². The Morgan fingerprint density at radius 3 is 2.54 bits per heavy atom. The molecule has 1 atom stereocenters. The molecule has 2 N–H and O–H groups in total. The molecule has 2 amide bonds. The summed E-state index contributed by atoms with van der Waals surface area (Å²) < 4.78 is 5.37. The lowest BCUT2D eigenvalue weighted by atomic mass is 9.97. The van der Waals surface area contributed by atoms with E-state index in [4.69, 9.17) is 16.3 Å². The highest BCUT2D eigenvalue weighted by atomic mass is 35.5. The minimum atomic E-state index is -0.721. The summed E-state index contributed by atoms with van der Waals surface area (Å²) in [6.07, 6.45) is 3.41. The molecule has 0 radical (unpaired) electrons. The average molecular weight is 502 g/mol. The summed E-state index contributed by atoms with van der Waals surface area (Å²) in [6, 6.07) is 4.86. The Labute approximate surface area is 208 Å². The largest absolute Gasteiger partial charge is 0.444 e. The molecule has 2 rings (SSSR count). The Hall–Kier alpha value is -3.79. The fourth-order valence-corrected chi connectivity index (χ4v) is 3.29. The number of nitro benzene ring substituents is 1. The first-order chi connectivity index (χ1) is 16.4. The average Bonchev–Trinajstić information content (AvgIpc) is 2.76. The van der Waals surface area contributed by atoms with Gasteiger partial charge in [-0.05, 0) is 45.7 Å². The van der Waals surface area contributed by atoms with Gasteiger partial charge in [0.1, 0.15) is 11.3 Å². The van der Waals surface area contributed by atoms with Crippen LogP contribution in [0.5, 0.6) is 0 Å². The Morgan fingerprint density at radius 1 is 1.23 bits per heavy atom. The number of ether oxygens (including phenoxy) is 1. The number of nitrogens with zero attached hydrogens (tertiary/aromatic N) is 3. The third kappa shape index (κ3) is 8.18. The van der Waals surface area contributed by atoms with Crippen molar-refractivity contribution in [2.75, 3.05) is 5.32 Å². The highest BCUT2D eigenvalue weighted by molar-refractivity contribution is 6.29. The summed E-state index contributed by atoms with van der Waals surface area (Å²) in [4.78, 5) is 35.7. The van der Waals surface area contributed by atoms with Gasteiger partial charge >= 0.3 is 6.09 Å². The summed E-state index contributed by atoms with van der Waals surface area (Å²) in [5.41, 5.74) is 0.326. The van der Waals surface area contributed by atoms with Crippen molar-refractivity contribution in [3.05, 3.63) is 70.4 Å². The fourth-order valence-electron chi connectivity index (χ4n) is 3.14. The van der Waals surface area contributed by atoms with Crippen LogP contribution in [-0.4, -0.2) is 32.7 Å². The fraction of sp³-hybridized carbons (Fsp3) is 0.333. The number of carbonyl (C=O) groups is 2. The third-order valence-corrected chi connectivity index (χ3v) is 4.77. The first-order valence-electron chi connectivity index (χ1n) is 10.8. The van der Waals surface area contributed by atoms with Crippen LogP contribution in [-0.2, 0) is 9.53 Å². The minimum absolute atomic E-state index is 0.0716. The third-order valence-electron chi connectivity index (χ3n) is 4.58. The summed E-state index contributed by atoms with van der Waals surface area (Å²) in [6.45, 7) is 12.6. The van der Waals surface area contributed by atoms with Crippen molar-refractivity contribution in [3.63, 3.8) is 0 Å². The normalized spacial score (nSPS) is 11.8. The Bertz CT molecular complexity index is 1130. The number of rotatable bonds is 10. The molecule has 1 aromatic carbocycles. The molecule has 186 valence electrons. The van der Waals surface area contributed by atoms with Crippen molar-refractivity contribution in [3.8, 4) is 11.3 Å². The molecule has 0 fully saturated rings. The first kappa shape index (κ1) is 27.5. The van der Waals surface area contributed by atoms with Crippen LogP contribution in [0.1, 0.15) is 51.6 Å². The Balaban J connectivity index is 2.60. The number of carbonyl (C=O) groups excluding carboxylic acids is 2. The summed E-state index contributed by atoms with van der Waals surface area (Å²) in [7, 11) is 0. The van der Waals surface area contributed by atoms with Crippen molar-refractivity contribution >= 4 is 35.0 Å². The van der Waals surface area contributed by atoms with E-state index in [9.17, 15) is 19.7 Å². The second-order valence-electron chi connectivity index (χ2n) is 8.56. The van der Waals surface area contributed by atoms with Gasteiger partial charge in [0.15, 0.2) is 5.15 Å². The van der Waals surface area contributed by atoms with Gasteiger partial charge in [-0.2, -0.15) is 0 Å². The highest BCUT2D eigenvalue weighted by Gasteiger charge is 2.25. The van der Waals surface area contributed by atoms with Gasteiger partial charge in [0, 0.05) is 29.7 Å². The lowest BCUT2D eigenvalue weighted by molar-refractivity contribution is -0.384. The maximum atomic E-state index is 12.5. The van der Waals surface area contributed by atoms with E-state index in [-0.39, 0.29) is 34.5 Å². The van der Waals surface area contributed by atoms with E-state index < -0.39 is 22.7 Å². The highest BCUT2D eigenvalue weighted by Crippen LogP contribution is 2.36. The molecule has 11 heteroatoms. The molecular weight excluding hydrogens is 474 g/mol. The number of allylic oxidation sites excluding steroid dienone is 1. The maximum absolute atomic E-state index is 12.5. The van der Waals surface area contributed by atoms with Crippen LogP contribution in [0, 0.1) is 10.1 Å². The molecule has 0 spiro atoms. The molecule has 0 aliphatic rings. The topological polar surface area (TPSA) is 136 Å². The van der Waals surface area contributed by atoms with Gasteiger partial charge in [-0.15, -0.1) is 23.4 Å². The van der Waals surface area contributed by atoms with E-state index in [0.29, 0.717) is 24.0 Å². The summed E-state index contributed by atoms with van der Waals surface area (Å²) in [5.74, 6) is -0.357. The zero-order chi connectivity index (χ0) is 26.2. The van der Waals surface area contributed by atoms with Crippen LogP contribution in [0.2, 0.25) is 5.15 Å². The minimum Gasteiger partial charge on any atom is -0.444 e. The molecule has 1 unspecified atom stereocenters. The van der Waals surface area contributed by atoms with Gasteiger partial charge in [0.05, 0.1) is 16.7 Å². The molecule has 0 saturated carbocycles. The predicted molar refractivity (Wildman–Crippen MR) is 134 cm³/mol. The number of hydrogen-bond acceptors (Lipinski definition) is 7. The number of aromatic nitrogens is 2. The monoisotopic (exact) mass is 501 g/mol. The molecule has 0 aliphatic carbocycles. The molecule has 0 bridgehead atoms. The smallest absolute Gasteiger partial charge is 0.408 e. The number of non-ortho nitro benzene ring substituents is 1. The quantitative estimate of drug-likeness (QED) is 0.240. The lowest BCUT2D eigenvalue weighted by Crippen LogP contribution is -2.35. The summed E-state index contributed by atoms with van der Waals surface area (Å²) >= 11 is 6.13. The van der Waals surface area contributed by atoms with Crippen LogP contribution in [0.25, 0.3) is 11.3 Å². The number of benzene rings is 1. The predicted octanol–water partition coefficient (Wildman–Crippen LogP) is 5.75. The van der Waals surface area contributed by atoms with E-state index in [1.807, 2.05) is 0 Å². The number of nitro groups is 1. The summed E-state index contributed by atoms with van der Waals surface area (Å²) in [5, 5.41) is 25.0. The zero-order valence-electron chi connectivity index (χ0n) is 19.8. The first-order valence-corrected chi connectivity index (χ1v) is 11.2. The zero-order valence-corrected chi connectivity index (χ0v) is 20.6. The standard InChI is InChI=1S/C24H28ClN5O5/c1-6-8-10-21(31)26-19-13-15(30(33)34)11-12-16(19)22-17(14-20(25)28-29-22)18(9-7-2)27-23(32)35-24(3,4)5/h6-7,11-14,18H,1-2,8-10H2,3-5H3,(H,26,31)(H,27,32). The molecule has 35 heavy (non-hydrogen) atoms. The van der Waals surface area contributed by atoms with Crippen LogP contribution in [0.15, 0.2) is 49.6 Å². The number of anilines is 1. The number of hydrogen-bond donors (Lipinski definition) is 2. The Kier molecular flexibility index (Phi) is 9.47. The SMILES string of the molecule is C=CCCC(=O)Nc1cc([N+](=O)[O-])ccc1-c1nnc(Cl)cc1C(CC=C)NC(=O)OC(C)(C)C. The van der Waals surface area contributed by atoms with Crippen molar-refractivity contribution < 1.29 is 19.2 Å². The second-order valence-corrected chi connectivity index (χ2v) is 8.94. The number of halogens is 1. The maximum Gasteiger partial charge on any atom is 0.408 e. The second kappa shape index (κ2) is 12.1. The van der Waals surface area contributed by atoms with Crippen molar-refractivity contribution in [1.82, 2.24) is 15.5 Å². The van der Waals surface area contributed by atoms with Gasteiger partial charge in [-0.1, -0.05) is 23.8 Å². The molecule has 10 nitrogen and oxygen atoms in total. The van der Waals surface area contributed by atoms with E-state index in [1.54, 1.807) is 32.9 Å². The van der Waals surface area contributed by atoms with Gasteiger partial charge in [-0.3, -0.25) is 14.9 Å². The van der Waals surface area contributed by atoms with Crippen LogP contribution in [0.3, 0.4) is 0 Å². The molecule has 1 aromatic heterocycles.